The van der Waals surface area contributed by atoms with Crippen LogP contribution in [0.15, 0.2) is 12.1 Å². The predicted octanol–water partition coefficient (Wildman–Crippen LogP) is 2.71. The van der Waals surface area contributed by atoms with Crippen molar-refractivity contribution in [1.82, 2.24) is 0 Å². The summed E-state index contributed by atoms with van der Waals surface area (Å²) in [5.74, 6) is 0.476. The summed E-state index contributed by atoms with van der Waals surface area (Å²) in [5.41, 5.74) is 1.55. The predicted molar refractivity (Wildman–Crippen MR) is 47.1 cm³/mol. The minimum Gasteiger partial charge on any atom is -0.496 e. The maximum atomic E-state index is 13.2. The SMILES string of the molecule is CCc1c(F)cc(C)cc1OC. The summed E-state index contributed by atoms with van der Waals surface area (Å²) in [7, 11) is 1.56. The maximum absolute atomic E-state index is 13.2. The van der Waals surface area contributed by atoms with Crippen LogP contribution >= 0.6 is 0 Å². The van der Waals surface area contributed by atoms with Gasteiger partial charge >= 0.3 is 0 Å². The van der Waals surface area contributed by atoms with Crippen LogP contribution in [0.4, 0.5) is 4.39 Å². The van der Waals surface area contributed by atoms with Crippen LogP contribution in [0.1, 0.15) is 18.1 Å². The second kappa shape index (κ2) is 3.57. The molecule has 0 bridgehead atoms. The van der Waals surface area contributed by atoms with E-state index in [-0.39, 0.29) is 5.82 Å². The molecule has 2 heteroatoms. The van der Waals surface area contributed by atoms with Crippen LogP contribution in [0.2, 0.25) is 0 Å². The highest BCUT2D eigenvalue weighted by Crippen LogP contribution is 2.23. The second-order valence-electron chi connectivity index (χ2n) is 2.78. The van der Waals surface area contributed by atoms with Crippen LogP contribution in [0, 0.1) is 12.7 Å². The highest BCUT2D eigenvalue weighted by atomic mass is 19.1. The third-order valence-electron chi connectivity index (χ3n) is 1.87. The number of aryl methyl sites for hydroxylation is 1. The quantitative estimate of drug-likeness (QED) is 0.659. The Kier molecular flexibility index (Phi) is 2.69. The first-order valence-corrected chi connectivity index (χ1v) is 4.02. The van der Waals surface area contributed by atoms with Crippen molar-refractivity contribution >= 4 is 0 Å². The van der Waals surface area contributed by atoms with Gasteiger partial charge in [-0.05, 0) is 31.0 Å². The van der Waals surface area contributed by atoms with E-state index in [1.165, 1.54) is 6.07 Å². The normalized spacial score (nSPS) is 10.0. The van der Waals surface area contributed by atoms with Crippen molar-refractivity contribution in [3.05, 3.63) is 29.1 Å². The minimum absolute atomic E-state index is 0.172. The molecule has 0 aromatic heterocycles. The molecule has 12 heavy (non-hydrogen) atoms. The number of halogens is 1. The lowest BCUT2D eigenvalue weighted by Crippen LogP contribution is -1.95. The van der Waals surface area contributed by atoms with E-state index in [0.717, 1.165) is 5.56 Å². The van der Waals surface area contributed by atoms with Gasteiger partial charge in [0.25, 0.3) is 0 Å². The molecule has 0 amide bonds. The van der Waals surface area contributed by atoms with E-state index in [4.69, 9.17) is 4.74 Å². The summed E-state index contributed by atoms with van der Waals surface area (Å²) in [6.07, 6.45) is 0.662. The smallest absolute Gasteiger partial charge is 0.130 e. The molecule has 1 nitrogen and oxygen atoms in total. The molecule has 0 N–H and O–H groups in total. The lowest BCUT2D eigenvalue weighted by Gasteiger charge is -2.08. The fraction of sp³-hybridized carbons (Fsp3) is 0.400. The minimum atomic E-state index is -0.172. The van der Waals surface area contributed by atoms with Gasteiger partial charge in [-0.15, -0.1) is 0 Å². The van der Waals surface area contributed by atoms with Crippen molar-refractivity contribution in [3.63, 3.8) is 0 Å². The van der Waals surface area contributed by atoms with Gasteiger partial charge in [-0.1, -0.05) is 6.92 Å². The molecule has 0 radical (unpaired) electrons. The van der Waals surface area contributed by atoms with Gasteiger partial charge in [-0.25, -0.2) is 4.39 Å². The fourth-order valence-electron chi connectivity index (χ4n) is 1.27. The van der Waals surface area contributed by atoms with Gasteiger partial charge in [0.2, 0.25) is 0 Å². The number of benzene rings is 1. The van der Waals surface area contributed by atoms with Gasteiger partial charge in [-0.2, -0.15) is 0 Å². The zero-order chi connectivity index (χ0) is 9.14. The number of hydrogen-bond acceptors (Lipinski definition) is 1. The molecule has 0 aliphatic rings. The van der Waals surface area contributed by atoms with E-state index >= 15 is 0 Å². The lowest BCUT2D eigenvalue weighted by atomic mass is 10.1. The van der Waals surface area contributed by atoms with Crippen LogP contribution in [0.25, 0.3) is 0 Å². The van der Waals surface area contributed by atoms with Crippen molar-refractivity contribution in [3.8, 4) is 5.75 Å². The Hall–Kier alpha value is -1.05. The van der Waals surface area contributed by atoms with Crippen LogP contribution in [0.5, 0.6) is 5.75 Å². The lowest BCUT2D eigenvalue weighted by molar-refractivity contribution is 0.404. The molecule has 0 aliphatic heterocycles. The summed E-state index contributed by atoms with van der Waals surface area (Å²) in [6, 6.07) is 3.38. The number of methoxy groups -OCH3 is 1. The first-order valence-electron chi connectivity index (χ1n) is 4.02. The van der Waals surface area contributed by atoms with Crippen LogP contribution in [0.3, 0.4) is 0 Å². The average Bonchev–Trinajstić information content (AvgIpc) is 2.03. The van der Waals surface area contributed by atoms with E-state index in [9.17, 15) is 4.39 Å². The van der Waals surface area contributed by atoms with Crippen LogP contribution < -0.4 is 4.74 Å². The molecule has 1 rings (SSSR count). The third kappa shape index (κ3) is 1.58. The largest absolute Gasteiger partial charge is 0.496 e. The molecule has 66 valence electrons. The Balaban J connectivity index is 3.24. The van der Waals surface area contributed by atoms with Gasteiger partial charge < -0.3 is 4.74 Å². The average molecular weight is 168 g/mol. The first-order chi connectivity index (χ1) is 5.69. The second-order valence-corrected chi connectivity index (χ2v) is 2.78. The van der Waals surface area contributed by atoms with Crippen molar-refractivity contribution in [2.45, 2.75) is 20.3 Å². The summed E-state index contributed by atoms with van der Waals surface area (Å²) in [6.45, 7) is 3.77. The molecule has 0 saturated carbocycles. The Labute approximate surface area is 72.2 Å². The summed E-state index contributed by atoms with van der Waals surface area (Å²) in [5, 5.41) is 0. The Morgan fingerprint density at radius 1 is 1.42 bits per heavy atom. The highest BCUT2D eigenvalue weighted by molar-refractivity contribution is 5.38. The van der Waals surface area contributed by atoms with E-state index in [0.29, 0.717) is 17.7 Å². The van der Waals surface area contributed by atoms with Gasteiger partial charge in [0, 0.05) is 5.56 Å². The van der Waals surface area contributed by atoms with Gasteiger partial charge in [0.05, 0.1) is 7.11 Å². The first kappa shape index (κ1) is 9.04. The van der Waals surface area contributed by atoms with E-state index < -0.39 is 0 Å². The fourth-order valence-corrected chi connectivity index (χ4v) is 1.27. The van der Waals surface area contributed by atoms with Crippen LogP contribution in [-0.2, 0) is 6.42 Å². The molecular weight excluding hydrogens is 155 g/mol. The van der Waals surface area contributed by atoms with Crippen LogP contribution in [-0.4, -0.2) is 7.11 Å². The zero-order valence-electron chi connectivity index (χ0n) is 7.65. The molecular formula is C10H13FO. The molecule has 0 heterocycles. The van der Waals surface area contributed by atoms with E-state index in [1.54, 1.807) is 7.11 Å². The maximum Gasteiger partial charge on any atom is 0.130 e. The van der Waals surface area contributed by atoms with Crippen molar-refractivity contribution in [2.75, 3.05) is 7.11 Å². The zero-order valence-corrected chi connectivity index (χ0v) is 7.65. The Morgan fingerprint density at radius 3 is 2.58 bits per heavy atom. The Bertz CT molecular complexity index is 281. The molecule has 0 fully saturated rings. The Morgan fingerprint density at radius 2 is 2.08 bits per heavy atom. The number of ether oxygens (including phenoxy) is 1. The molecule has 0 aliphatic carbocycles. The van der Waals surface area contributed by atoms with Crippen molar-refractivity contribution in [1.29, 1.82) is 0 Å². The molecule has 0 spiro atoms. The standard InChI is InChI=1S/C10H13FO/c1-4-8-9(11)5-7(2)6-10(8)12-3/h5-6H,4H2,1-3H3. The molecule has 0 unspecified atom stereocenters. The molecule has 0 atom stereocenters. The van der Waals surface area contributed by atoms with Crippen molar-refractivity contribution in [2.24, 2.45) is 0 Å². The third-order valence-corrected chi connectivity index (χ3v) is 1.87. The van der Waals surface area contributed by atoms with Gasteiger partial charge in [0.15, 0.2) is 0 Å². The van der Waals surface area contributed by atoms with Gasteiger partial charge in [0.1, 0.15) is 11.6 Å². The monoisotopic (exact) mass is 168 g/mol. The summed E-state index contributed by atoms with van der Waals surface area (Å²) in [4.78, 5) is 0. The van der Waals surface area contributed by atoms with E-state index in [2.05, 4.69) is 0 Å². The molecule has 0 saturated heterocycles. The highest BCUT2D eigenvalue weighted by Gasteiger charge is 2.07. The summed E-state index contributed by atoms with van der Waals surface area (Å²) < 4.78 is 18.3. The number of rotatable bonds is 2. The molecule has 1 aromatic rings. The molecule has 1 aromatic carbocycles. The van der Waals surface area contributed by atoms with Gasteiger partial charge in [-0.3, -0.25) is 0 Å². The number of hydrogen-bond donors (Lipinski definition) is 0. The topological polar surface area (TPSA) is 9.23 Å². The summed E-state index contributed by atoms with van der Waals surface area (Å²) >= 11 is 0. The van der Waals surface area contributed by atoms with Crippen molar-refractivity contribution < 1.29 is 9.13 Å². The van der Waals surface area contributed by atoms with E-state index in [1.807, 2.05) is 19.9 Å².